The first-order valence-electron chi connectivity index (χ1n) is 7.37. The fourth-order valence-electron chi connectivity index (χ4n) is 2.40. The molecule has 114 valence electrons. The van der Waals surface area contributed by atoms with E-state index in [0.29, 0.717) is 6.54 Å². The third kappa shape index (κ3) is 4.11. The summed E-state index contributed by atoms with van der Waals surface area (Å²) in [4.78, 5) is 16.6. The van der Waals surface area contributed by atoms with Crippen molar-refractivity contribution in [1.82, 2.24) is 4.98 Å². The first kappa shape index (κ1) is 15.6. The second-order valence-electron chi connectivity index (χ2n) is 5.29. The molecule has 0 aliphatic carbocycles. The maximum atomic E-state index is 12.4. The summed E-state index contributed by atoms with van der Waals surface area (Å²) in [6, 6.07) is 17.5. The van der Waals surface area contributed by atoms with Crippen LogP contribution in [-0.2, 0) is 13.0 Å². The Hall–Kier alpha value is -2.33. The van der Waals surface area contributed by atoms with Crippen LogP contribution in [0.2, 0.25) is 0 Å². The highest BCUT2D eigenvalue weighted by atomic mass is 79.9. The third-order valence-electron chi connectivity index (χ3n) is 3.63. The Morgan fingerprint density at radius 3 is 2.52 bits per heavy atom. The molecule has 23 heavy (non-hydrogen) atoms. The summed E-state index contributed by atoms with van der Waals surface area (Å²) in [6.07, 6.45) is 6.13. The van der Waals surface area contributed by atoms with Crippen LogP contribution >= 0.6 is 15.9 Å². The first-order chi connectivity index (χ1) is 11.2. The molecule has 0 aliphatic rings. The summed E-state index contributed by atoms with van der Waals surface area (Å²) < 4.78 is 3.02. The van der Waals surface area contributed by atoms with Crippen molar-refractivity contribution >= 4 is 21.7 Å². The van der Waals surface area contributed by atoms with Gasteiger partial charge in [0.2, 0.25) is 18.0 Å². The zero-order valence-corrected chi connectivity index (χ0v) is 14.1. The lowest BCUT2D eigenvalue weighted by molar-refractivity contribution is -0.690. The lowest BCUT2D eigenvalue weighted by atomic mass is 10.1. The van der Waals surface area contributed by atoms with Gasteiger partial charge in [-0.2, -0.15) is 4.57 Å². The van der Waals surface area contributed by atoms with Crippen LogP contribution in [0.4, 0.5) is 0 Å². The average Bonchev–Trinajstić information content (AvgIpc) is 2.59. The van der Waals surface area contributed by atoms with Crippen molar-refractivity contribution < 1.29 is 9.36 Å². The highest BCUT2D eigenvalue weighted by molar-refractivity contribution is 9.10. The molecule has 0 unspecified atom stereocenters. The van der Waals surface area contributed by atoms with Gasteiger partial charge >= 0.3 is 0 Å². The van der Waals surface area contributed by atoms with E-state index < -0.39 is 0 Å². The van der Waals surface area contributed by atoms with Gasteiger partial charge in [-0.25, -0.2) is 0 Å². The molecule has 1 heterocycles. The zero-order valence-electron chi connectivity index (χ0n) is 12.5. The van der Waals surface area contributed by atoms with Crippen LogP contribution in [0, 0.1) is 0 Å². The van der Waals surface area contributed by atoms with Gasteiger partial charge < -0.3 is 0 Å². The number of aromatic nitrogens is 2. The van der Waals surface area contributed by atoms with E-state index >= 15 is 0 Å². The van der Waals surface area contributed by atoms with E-state index in [0.717, 1.165) is 22.2 Å². The molecule has 0 aliphatic heterocycles. The predicted molar refractivity (Wildman–Crippen MR) is 92.2 cm³/mol. The monoisotopic (exact) mass is 367 g/mol. The second kappa shape index (κ2) is 7.29. The molecule has 1 aromatic heterocycles. The minimum atomic E-state index is 0.0962. The maximum absolute atomic E-state index is 12.4. The Morgan fingerprint density at radius 1 is 1.04 bits per heavy atom. The van der Waals surface area contributed by atoms with E-state index in [1.165, 1.54) is 5.56 Å². The summed E-state index contributed by atoms with van der Waals surface area (Å²) >= 11 is 3.44. The molecule has 0 radical (unpaired) electrons. The number of halogens is 1. The molecule has 4 heteroatoms. The van der Waals surface area contributed by atoms with Crippen LogP contribution in [-0.4, -0.2) is 10.8 Å². The number of carbonyl (C=O) groups is 1. The number of ketones is 1. The van der Waals surface area contributed by atoms with Gasteiger partial charge in [0, 0.05) is 10.0 Å². The van der Waals surface area contributed by atoms with Gasteiger partial charge in [0.1, 0.15) is 0 Å². The number of carbonyl (C=O) groups excluding carboxylic acids is 1. The second-order valence-corrected chi connectivity index (χ2v) is 6.20. The Kier molecular flexibility index (Phi) is 4.93. The quantitative estimate of drug-likeness (QED) is 0.509. The number of Topliss-reactive ketones (excluding diaryl/α,β-unsaturated/α-hetero) is 1. The Bertz CT molecular complexity index is 801. The molecule has 0 atom stereocenters. The Balaban J connectivity index is 1.80. The van der Waals surface area contributed by atoms with Crippen molar-refractivity contribution in [2.75, 3.05) is 0 Å². The van der Waals surface area contributed by atoms with Crippen molar-refractivity contribution in [3.63, 3.8) is 0 Å². The van der Waals surface area contributed by atoms with Crippen LogP contribution < -0.4 is 4.57 Å². The van der Waals surface area contributed by atoms with Gasteiger partial charge in [-0.3, -0.25) is 9.78 Å². The summed E-state index contributed by atoms with van der Waals surface area (Å²) in [6.45, 7) is 0.318. The van der Waals surface area contributed by atoms with E-state index in [2.05, 4.69) is 33.0 Å². The summed E-state index contributed by atoms with van der Waals surface area (Å²) in [7, 11) is 0. The minimum absolute atomic E-state index is 0.0962. The average molecular weight is 368 g/mol. The molecule has 3 aromatic rings. The molecule has 3 rings (SSSR count). The topological polar surface area (TPSA) is 33.8 Å². The van der Waals surface area contributed by atoms with E-state index in [4.69, 9.17) is 0 Å². The minimum Gasteiger partial charge on any atom is -0.287 e. The fourth-order valence-corrected chi connectivity index (χ4v) is 2.67. The molecule has 0 fully saturated rings. The summed E-state index contributed by atoms with van der Waals surface area (Å²) in [5.41, 5.74) is 2.92. The van der Waals surface area contributed by atoms with Gasteiger partial charge in [0.25, 0.3) is 0 Å². The summed E-state index contributed by atoms with van der Waals surface area (Å²) in [5, 5.41) is 0. The first-order valence-corrected chi connectivity index (χ1v) is 8.17. The van der Waals surface area contributed by atoms with Crippen molar-refractivity contribution in [1.29, 1.82) is 0 Å². The molecular weight excluding hydrogens is 352 g/mol. The van der Waals surface area contributed by atoms with Crippen molar-refractivity contribution in [2.24, 2.45) is 0 Å². The summed E-state index contributed by atoms with van der Waals surface area (Å²) in [5.74, 6) is 0.0962. The van der Waals surface area contributed by atoms with E-state index in [-0.39, 0.29) is 5.78 Å². The molecular formula is C19H16BrN2O+. The van der Waals surface area contributed by atoms with Gasteiger partial charge in [-0.15, -0.1) is 0 Å². The number of hydrogen-bond donors (Lipinski definition) is 0. The van der Waals surface area contributed by atoms with Gasteiger partial charge in [-0.1, -0.05) is 58.4 Å². The molecule has 0 bridgehead atoms. The third-order valence-corrected chi connectivity index (χ3v) is 4.16. The molecule has 0 N–H and O–H groups in total. The number of benzene rings is 2. The molecule has 0 saturated carbocycles. The predicted octanol–water partition coefficient (Wildman–Crippen LogP) is 3.61. The van der Waals surface area contributed by atoms with Crippen molar-refractivity contribution in [3.8, 4) is 0 Å². The molecule has 0 spiro atoms. The van der Waals surface area contributed by atoms with Crippen LogP contribution in [0.1, 0.15) is 21.6 Å². The molecule has 0 amide bonds. The van der Waals surface area contributed by atoms with Gasteiger partial charge in [-0.05, 0) is 17.7 Å². The molecule has 3 nitrogen and oxygen atoms in total. The SMILES string of the molecule is O=C(C[n+]1ccncc1Cc1ccc(Br)cc1)c1ccccc1. The molecule has 2 aromatic carbocycles. The van der Waals surface area contributed by atoms with E-state index in [1.54, 1.807) is 6.20 Å². The smallest absolute Gasteiger partial charge is 0.227 e. The van der Waals surface area contributed by atoms with E-state index in [1.807, 2.05) is 59.4 Å². The highest BCUT2D eigenvalue weighted by Crippen LogP contribution is 2.12. The fraction of sp³-hybridized carbons (Fsp3) is 0.105. The largest absolute Gasteiger partial charge is 0.287 e. The van der Waals surface area contributed by atoms with Crippen LogP contribution in [0.5, 0.6) is 0 Å². The van der Waals surface area contributed by atoms with Gasteiger partial charge in [0.15, 0.2) is 6.20 Å². The maximum Gasteiger partial charge on any atom is 0.227 e. The lowest BCUT2D eigenvalue weighted by Crippen LogP contribution is -2.42. The van der Waals surface area contributed by atoms with E-state index in [9.17, 15) is 4.79 Å². The number of nitrogens with zero attached hydrogens (tertiary/aromatic N) is 2. The Labute approximate surface area is 143 Å². The highest BCUT2D eigenvalue weighted by Gasteiger charge is 2.16. The normalized spacial score (nSPS) is 10.5. The van der Waals surface area contributed by atoms with Crippen LogP contribution in [0.3, 0.4) is 0 Å². The van der Waals surface area contributed by atoms with Crippen LogP contribution in [0.25, 0.3) is 0 Å². The number of hydrogen-bond acceptors (Lipinski definition) is 2. The number of rotatable bonds is 5. The van der Waals surface area contributed by atoms with Crippen molar-refractivity contribution in [3.05, 3.63) is 94.5 Å². The van der Waals surface area contributed by atoms with Crippen LogP contribution in [0.15, 0.2) is 77.7 Å². The molecule has 0 saturated heterocycles. The van der Waals surface area contributed by atoms with Crippen molar-refractivity contribution in [2.45, 2.75) is 13.0 Å². The Morgan fingerprint density at radius 2 is 1.78 bits per heavy atom. The van der Waals surface area contributed by atoms with Gasteiger partial charge in [0.05, 0.1) is 18.8 Å². The lowest BCUT2D eigenvalue weighted by Gasteiger charge is -2.04. The standard InChI is InChI=1S/C19H16BrN2O/c20-17-8-6-15(7-9-17)12-18-13-21-10-11-22(18)14-19(23)16-4-2-1-3-5-16/h1-11,13H,12,14H2/q+1. The zero-order chi connectivity index (χ0) is 16.1.